The molecule has 1 N–H and O–H groups in total. The highest BCUT2D eigenvalue weighted by Crippen LogP contribution is 2.35. The van der Waals surface area contributed by atoms with E-state index in [-0.39, 0.29) is 5.41 Å². The fourth-order valence-corrected chi connectivity index (χ4v) is 2.66. The highest BCUT2D eigenvalue weighted by molar-refractivity contribution is 5.60. The Hall–Kier alpha value is -1.24. The van der Waals surface area contributed by atoms with E-state index in [9.17, 15) is 0 Å². The summed E-state index contributed by atoms with van der Waals surface area (Å²) in [6.07, 6.45) is 4.22. The minimum absolute atomic E-state index is 0.218. The predicted octanol–water partition coefficient (Wildman–Crippen LogP) is 4.18. The summed E-state index contributed by atoms with van der Waals surface area (Å²) in [7, 11) is 0. The molecule has 1 aromatic carbocycles. The van der Waals surface area contributed by atoms with Crippen molar-refractivity contribution in [1.82, 2.24) is 5.32 Å². The van der Waals surface area contributed by atoms with Crippen LogP contribution in [-0.2, 0) is 12.0 Å². The molecule has 0 fully saturated rings. The molecule has 1 heterocycles. The molecule has 0 amide bonds. The lowest BCUT2D eigenvalue weighted by Gasteiger charge is -2.29. The van der Waals surface area contributed by atoms with Crippen molar-refractivity contribution in [2.24, 2.45) is 0 Å². The zero-order chi connectivity index (χ0) is 12.6. The molecule has 1 aliphatic rings. The van der Waals surface area contributed by atoms with Gasteiger partial charge in [0.25, 0.3) is 0 Å². The fourth-order valence-electron chi connectivity index (χ4n) is 2.66. The normalized spacial score (nSPS) is 14.7. The van der Waals surface area contributed by atoms with Gasteiger partial charge in [-0.05, 0) is 45.9 Å². The summed E-state index contributed by atoms with van der Waals surface area (Å²) >= 11 is 0. The molecular weight excluding hydrogens is 206 g/mol. The monoisotopic (exact) mass is 229 g/mol. The van der Waals surface area contributed by atoms with Crippen molar-refractivity contribution in [2.75, 3.05) is 0 Å². The first-order valence-electron chi connectivity index (χ1n) is 6.47. The summed E-state index contributed by atoms with van der Waals surface area (Å²) < 4.78 is 0. The van der Waals surface area contributed by atoms with Crippen LogP contribution in [0.4, 0.5) is 0 Å². The summed E-state index contributed by atoms with van der Waals surface area (Å²) in [6.45, 7) is 12.4. The molecule has 0 aliphatic carbocycles. The Kier molecular flexibility index (Phi) is 3.03. The number of rotatable bonds is 1. The topological polar surface area (TPSA) is 12.0 Å². The zero-order valence-corrected chi connectivity index (χ0v) is 11.6. The van der Waals surface area contributed by atoms with Gasteiger partial charge in [0.2, 0.25) is 0 Å². The van der Waals surface area contributed by atoms with Crippen LogP contribution in [-0.4, -0.2) is 0 Å². The van der Waals surface area contributed by atoms with E-state index < -0.39 is 0 Å². The molecule has 0 aromatic heterocycles. The van der Waals surface area contributed by atoms with Crippen LogP contribution in [0.2, 0.25) is 0 Å². The average Bonchev–Trinajstić information content (AvgIpc) is 2.26. The molecule has 2 rings (SSSR count). The van der Waals surface area contributed by atoms with Crippen molar-refractivity contribution in [3.8, 4) is 0 Å². The largest absolute Gasteiger partial charge is 0.387 e. The minimum Gasteiger partial charge on any atom is -0.387 e. The minimum atomic E-state index is 0.218. The molecule has 0 saturated heterocycles. The highest BCUT2D eigenvalue weighted by Gasteiger charge is 2.23. The molecule has 1 aliphatic heterocycles. The Morgan fingerprint density at radius 2 is 1.88 bits per heavy atom. The summed E-state index contributed by atoms with van der Waals surface area (Å²) in [5.74, 6) is 0.576. The molecule has 92 valence electrons. The summed E-state index contributed by atoms with van der Waals surface area (Å²) in [6, 6.07) is 4.57. The fraction of sp³-hybridized carbons (Fsp3) is 0.500. The van der Waals surface area contributed by atoms with E-state index in [0.29, 0.717) is 5.92 Å². The molecule has 0 bridgehead atoms. The van der Waals surface area contributed by atoms with Crippen molar-refractivity contribution >= 4 is 6.08 Å². The van der Waals surface area contributed by atoms with Crippen LogP contribution in [0.15, 0.2) is 18.3 Å². The van der Waals surface area contributed by atoms with Crippen molar-refractivity contribution in [3.05, 3.63) is 40.6 Å². The van der Waals surface area contributed by atoms with Crippen LogP contribution < -0.4 is 5.32 Å². The van der Waals surface area contributed by atoms with E-state index >= 15 is 0 Å². The quantitative estimate of drug-likeness (QED) is 0.761. The zero-order valence-electron chi connectivity index (χ0n) is 11.6. The van der Waals surface area contributed by atoms with Gasteiger partial charge in [0.15, 0.2) is 0 Å². The number of hydrogen-bond acceptors (Lipinski definition) is 1. The Morgan fingerprint density at radius 1 is 1.18 bits per heavy atom. The summed E-state index contributed by atoms with van der Waals surface area (Å²) in [5.41, 5.74) is 6.10. The Labute approximate surface area is 105 Å². The maximum absolute atomic E-state index is 3.33. The number of benzene rings is 1. The van der Waals surface area contributed by atoms with Crippen LogP contribution in [0.1, 0.15) is 62.8 Å². The lowest BCUT2D eigenvalue weighted by atomic mass is 9.77. The second kappa shape index (κ2) is 4.21. The third kappa shape index (κ3) is 2.24. The molecule has 0 radical (unpaired) electrons. The van der Waals surface area contributed by atoms with E-state index in [1.807, 2.05) is 6.20 Å². The lowest BCUT2D eigenvalue weighted by Crippen LogP contribution is -2.20. The van der Waals surface area contributed by atoms with Gasteiger partial charge in [-0.3, -0.25) is 0 Å². The van der Waals surface area contributed by atoms with Crippen molar-refractivity contribution in [3.63, 3.8) is 0 Å². The lowest BCUT2D eigenvalue weighted by molar-refractivity contribution is 0.573. The van der Waals surface area contributed by atoms with Gasteiger partial charge in [-0.25, -0.2) is 0 Å². The first-order valence-corrected chi connectivity index (χ1v) is 6.47. The maximum Gasteiger partial charge on any atom is 0.0404 e. The van der Waals surface area contributed by atoms with E-state index in [1.165, 1.54) is 22.3 Å². The van der Waals surface area contributed by atoms with Crippen LogP contribution in [0.3, 0.4) is 0 Å². The molecule has 0 atom stereocenters. The summed E-state index contributed by atoms with van der Waals surface area (Å²) in [4.78, 5) is 0. The van der Waals surface area contributed by atoms with Gasteiger partial charge in [0.1, 0.15) is 0 Å². The first kappa shape index (κ1) is 12.2. The third-order valence-electron chi connectivity index (χ3n) is 3.44. The molecule has 0 saturated carbocycles. The van der Waals surface area contributed by atoms with Crippen LogP contribution in [0, 0.1) is 0 Å². The van der Waals surface area contributed by atoms with Gasteiger partial charge in [-0.2, -0.15) is 0 Å². The van der Waals surface area contributed by atoms with Gasteiger partial charge in [0.05, 0.1) is 0 Å². The molecule has 0 spiro atoms. The van der Waals surface area contributed by atoms with E-state index in [4.69, 9.17) is 0 Å². The van der Waals surface area contributed by atoms with Crippen molar-refractivity contribution < 1.29 is 0 Å². The van der Waals surface area contributed by atoms with Gasteiger partial charge in [0, 0.05) is 6.54 Å². The number of nitrogens with one attached hydrogen (secondary N) is 1. The molecule has 1 heteroatoms. The van der Waals surface area contributed by atoms with E-state index in [0.717, 1.165) is 6.54 Å². The van der Waals surface area contributed by atoms with Crippen molar-refractivity contribution in [1.29, 1.82) is 0 Å². The number of hydrogen-bond donors (Lipinski definition) is 1. The maximum atomic E-state index is 3.33. The first-order chi connectivity index (χ1) is 7.91. The second-order valence-corrected chi connectivity index (χ2v) is 6.21. The molecule has 1 aromatic rings. The molecular formula is C16H23N. The third-order valence-corrected chi connectivity index (χ3v) is 3.44. The van der Waals surface area contributed by atoms with Gasteiger partial charge < -0.3 is 5.32 Å². The SMILES string of the molecule is CC(C)c1c(C(C)(C)C)ccc2c1CNC=C2. The smallest absolute Gasteiger partial charge is 0.0404 e. The predicted molar refractivity (Wildman–Crippen MR) is 75.1 cm³/mol. The standard InChI is InChI=1S/C16H23N/c1-11(2)15-13-10-17-9-8-12(13)6-7-14(15)16(3,4)5/h6-9,11,17H,10H2,1-5H3. The summed E-state index contributed by atoms with van der Waals surface area (Å²) in [5, 5.41) is 3.33. The van der Waals surface area contributed by atoms with Gasteiger partial charge in [-0.1, -0.05) is 46.8 Å². The Balaban J connectivity index is 2.67. The second-order valence-electron chi connectivity index (χ2n) is 6.21. The highest BCUT2D eigenvalue weighted by atomic mass is 14.8. The Bertz CT molecular complexity index is 447. The van der Waals surface area contributed by atoms with E-state index in [1.54, 1.807) is 0 Å². The molecule has 17 heavy (non-hydrogen) atoms. The van der Waals surface area contributed by atoms with Gasteiger partial charge in [-0.15, -0.1) is 0 Å². The molecule has 1 nitrogen and oxygen atoms in total. The van der Waals surface area contributed by atoms with Crippen LogP contribution in [0.25, 0.3) is 6.08 Å². The van der Waals surface area contributed by atoms with Crippen LogP contribution in [0.5, 0.6) is 0 Å². The van der Waals surface area contributed by atoms with Crippen LogP contribution >= 0.6 is 0 Å². The number of fused-ring (bicyclic) bond motifs is 1. The van der Waals surface area contributed by atoms with E-state index in [2.05, 4.69) is 58.1 Å². The van der Waals surface area contributed by atoms with Gasteiger partial charge >= 0.3 is 0 Å². The Morgan fingerprint density at radius 3 is 2.47 bits per heavy atom. The average molecular weight is 229 g/mol. The van der Waals surface area contributed by atoms with Crippen molar-refractivity contribution in [2.45, 2.75) is 52.5 Å². The molecule has 0 unspecified atom stereocenters.